The molecule has 0 bridgehead atoms. The van der Waals surface area contributed by atoms with Crippen molar-refractivity contribution in [3.8, 4) is 0 Å². The van der Waals surface area contributed by atoms with Crippen LogP contribution < -0.4 is 5.32 Å². The molecule has 1 aliphatic rings. The van der Waals surface area contributed by atoms with E-state index >= 15 is 0 Å². The number of aromatic nitrogens is 1. The fourth-order valence-electron chi connectivity index (χ4n) is 2.39. The smallest absolute Gasteiger partial charge is 0.267 e. The third-order valence-electron chi connectivity index (χ3n) is 3.73. The first kappa shape index (κ1) is 16.1. The Bertz CT molecular complexity index is 519. The van der Waals surface area contributed by atoms with Crippen molar-refractivity contribution < 1.29 is 9.59 Å². The van der Waals surface area contributed by atoms with Gasteiger partial charge in [-0.3, -0.25) is 9.59 Å². The van der Waals surface area contributed by atoms with E-state index in [4.69, 9.17) is 0 Å². The molecule has 6 heteroatoms. The molecular formula is C15H22BrN3O2. The first-order chi connectivity index (χ1) is 10.1. The fraction of sp³-hybridized carbons (Fsp3) is 0.600. The van der Waals surface area contributed by atoms with Gasteiger partial charge in [0.1, 0.15) is 5.69 Å². The minimum atomic E-state index is -0.111. The van der Waals surface area contributed by atoms with Crippen LogP contribution in [-0.2, 0) is 4.79 Å². The Morgan fingerprint density at radius 2 is 2.05 bits per heavy atom. The molecule has 1 aromatic rings. The fourth-order valence-corrected chi connectivity index (χ4v) is 2.83. The molecule has 1 N–H and O–H groups in total. The van der Waals surface area contributed by atoms with E-state index in [1.165, 1.54) is 0 Å². The number of nitrogens with zero attached hydrogens (tertiary/aromatic N) is 2. The Labute approximate surface area is 133 Å². The zero-order valence-electron chi connectivity index (χ0n) is 12.6. The number of hydrogen-bond donors (Lipinski definition) is 1. The third kappa shape index (κ3) is 4.09. The molecule has 0 saturated heterocycles. The Kier molecular flexibility index (Phi) is 5.45. The summed E-state index contributed by atoms with van der Waals surface area (Å²) in [6.07, 6.45) is 4.55. The van der Waals surface area contributed by atoms with Gasteiger partial charge in [0.05, 0.1) is 0 Å². The summed E-state index contributed by atoms with van der Waals surface area (Å²) in [5.41, 5.74) is 0.666. The Morgan fingerprint density at radius 3 is 2.62 bits per heavy atom. The normalized spacial score (nSPS) is 14.0. The minimum Gasteiger partial charge on any atom is -0.350 e. The summed E-state index contributed by atoms with van der Waals surface area (Å²) in [5.74, 6) is -0.0287. The van der Waals surface area contributed by atoms with Crippen molar-refractivity contribution in [1.29, 1.82) is 0 Å². The minimum absolute atomic E-state index is 0.0825. The second-order valence-corrected chi connectivity index (χ2v) is 6.17. The van der Waals surface area contributed by atoms with Crippen molar-refractivity contribution in [2.75, 3.05) is 19.6 Å². The molecule has 0 radical (unpaired) electrons. The molecule has 1 aliphatic carbocycles. The van der Waals surface area contributed by atoms with Crippen LogP contribution in [0.1, 0.15) is 49.6 Å². The second kappa shape index (κ2) is 7.11. The summed E-state index contributed by atoms with van der Waals surface area (Å²) in [6.45, 7) is 5.71. The molecule has 21 heavy (non-hydrogen) atoms. The van der Waals surface area contributed by atoms with Crippen LogP contribution in [0, 0.1) is 0 Å². The average molecular weight is 356 g/mol. The summed E-state index contributed by atoms with van der Waals surface area (Å²) in [5, 5.41) is 2.84. The lowest BCUT2D eigenvalue weighted by Gasteiger charge is -2.18. The molecule has 1 aromatic heterocycles. The summed E-state index contributed by atoms with van der Waals surface area (Å²) >= 11 is 3.41. The van der Waals surface area contributed by atoms with Gasteiger partial charge in [0.25, 0.3) is 5.91 Å². The molecule has 1 fully saturated rings. The third-order valence-corrected chi connectivity index (χ3v) is 4.16. The summed E-state index contributed by atoms with van der Waals surface area (Å²) in [6, 6.07) is 2.29. The molecular weight excluding hydrogens is 334 g/mol. The monoisotopic (exact) mass is 355 g/mol. The van der Waals surface area contributed by atoms with Crippen molar-refractivity contribution in [2.45, 2.75) is 39.2 Å². The van der Waals surface area contributed by atoms with Crippen LogP contribution in [0.2, 0.25) is 0 Å². The first-order valence-corrected chi connectivity index (χ1v) is 8.29. The Balaban J connectivity index is 1.86. The van der Waals surface area contributed by atoms with Crippen LogP contribution in [0.4, 0.5) is 0 Å². The van der Waals surface area contributed by atoms with Gasteiger partial charge in [-0.1, -0.05) is 0 Å². The highest BCUT2D eigenvalue weighted by molar-refractivity contribution is 9.10. The lowest BCUT2D eigenvalue weighted by Crippen LogP contribution is -2.34. The predicted octanol–water partition coefficient (Wildman–Crippen LogP) is 2.57. The highest BCUT2D eigenvalue weighted by atomic mass is 79.9. The van der Waals surface area contributed by atoms with Crippen LogP contribution in [0.5, 0.6) is 0 Å². The number of carbonyl (C=O) groups is 2. The summed E-state index contributed by atoms with van der Waals surface area (Å²) < 4.78 is 2.93. The maximum Gasteiger partial charge on any atom is 0.267 e. The topological polar surface area (TPSA) is 54.3 Å². The Hall–Kier alpha value is -1.30. The van der Waals surface area contributed by atoms with Crippen LogP contribution in [0.3, 0.4) is 0 Å². The number of nitrogens with one attached hydrogen (secondary N) is 1. The molecule has 0 atom stereocenters. The molecule has 1 heterocycles. The van der Waals surface area contributed by atoms with Gasteiger partial charge in [0.15, 0.2) is 0 Å². The quantitative estimate of drug-likeness (QED) is 0.817. The molecule has 1 saturated carbocycles. The number of halogens is 1. The molecule has 0 spiro atoms. The van der Waals surface area contributed by atoms with Gasteiger partial charge in [0, 0.05) is 42.8 Å². The highest BCUT2D eigenvalue weighted by Crippen LogP contribution is 2.37. The van der Waals surface area contributed by atoms with E-state index in [2.05, 4.69) is 21.2 Å². The van der Waals surface area contributed by atoms with Crippen LogP contribution >= 0.6 is 15.9 Å². The first-order valence-electron chi connectivity index (χ1n) is 7.50. The second-order valence-electron chi connectivity index (χ2n) is 5.25. The van der Waals surface area contributed by atoms with E-state index in [0.29, 0.717) is 37.8 Å². The van der Waals surface area contributed by atoms with E-state index in [1.54, 1.807) is 4.90 Å². The zero-order chi connectivity index (χ0) is 15.4. The van der Waals surface area contributed by atoms with Crippen molar-refractivity contribution in [3.63, 3.8) is 0 Å². The van der Waals surface area contributed by atoms with Crippen molar-refractivity contribution in [3.05, 3.63) is 22.4 Å². The molecule has 2 rings (SSSR count). The maximum atomic E-state index is 12.2. The van der Waals surface area contributed by atoms with Gasteiger partial charge in [0.2, 0.25) is 5.91 Å². The lowest BCUT2D eigenvalue weighted by molar-refractivity contribution is -0.130. The van der Waals surface area contributed by atoms with E-state index in [0.717, 1.165) is 17.3 Å². The van der Waals surface area contributed by atoms with E-state index in [9.17, 15) is 9.59 Å². The van der Waals surface area contributed by atoms with Gasteiger partial charge in [-0.25, -0.2) is 0 Å². The summed E-state index contributed by atoms with van der Waals surface area (Å²) in [7, 11) is 0. The largest absolute Gasteiger partial charge is 0.350 e. The molecule has 0 unspecified atom stereocenters. The van der Waals surface area contributed by atoms with E-state index in [-0.39, 0.29) is 11.8 Å². The SMILES string of the molecule is CCN(CC)C(=O)CCNC(=O)c1cc(Br)cn1C1CC1. The number of rotatable bonds is 7. The molecule has 0 aliphatic heterocycles. The van der Waals surface area contributed by atoms with Gasteiger partial charge >= 0.3 is 0 Å². The lowest BCUT2D eigenvalue weighted by atomic mass is 10.3. The molecule has 5 nitrogen and oxygen atoms in total. The van der Waals surface area contributed by atoms with Crippen LogP contribution in [0.15, 0.2) is 16.7 Å². The van der Waals surface area contributed by atoms with E-state index in [1.807, 2.05) is 30.7 Å². The molecule has 116 valence electrons. The van der Waals surface area contributed by atoms with Gasteiger partial charge < -0.3 is 14.8 Å². The van der Waals surface area contributed by atoms with Gasteiger partial charge in [-0.15, -0.1) is 0 Å². The van der Waals surface area contributed by atoms with Gasteiger partial charge in [-0.05, 0) is 48.7 Å². The average Bonchev–Trinajstić information content (AvgIpc) is 3.22. The summed E-state index contributed by atoms with van der Waals surface area (Å²) in [4.78, 5) is 25.9. The number of amides is 2. The van der Waals surface area contributed by atoms with Gasteiger partial charge in [-0.2, -0.15) is 0 Å². The Morgan fingerprint density at radius 1 is 1.38 bits per heavy atom. The highest BCUT2D eigenvalue weighted by Gasteiger charge is 2.27. The predicted molar refractivity (Wildman–Crippen MR) is 85.3 cm³/mol. The number of hydrogen-bond acceptors (Lipinski definition) is 2. The van der Waals surface area contributed by atoms with E-state index < -0.39 is 0 Å². The van der Waals surface area contributed by atoms with Crippen molar-refractivity contribution in [1.82, 2.24) is 14.8 Å². The van der Waals surface area contributed by atoms with Crippen LogP contribution in [0.25, 0.3) is 0 Å². The van der Waals surface area contributed by atoms with Crippen molar-refractivity contribution in [2.24, 2.45) is 0 Å². The standard InChI is InChI=1S/C15H22BrN3O2/c1-3-18(4-2)14(20)7-8-17-15(21)13-9-11(16)10-19(13)12-5-6-12/h9-10,12H,3-8H2,1-2H3,(H,17,21). The number of carbonyl (C=O) groups excluding carboxylic acids is 2. The zero-order valence-corrected chi connectivity index (χ0v) is 14.1. The van der Waals surface area contributed by atoms with Crippen LogP contribution in [-0.4, -0.2) is 40.9 Å². The van der Waals surface area contributed by atoms with Crippen molar-refractivity contribution >= 4 is 27.7 Å². The molecule has 0 aromatic carbocycles. The molecule has 2 amide bonds. The maximum absolute atomic E-state index is 12.2.